The highest BCUT2D eigenvalue weighted by atomic mass is 32.2. The van der Waals surface area contributed by atoms with Crippen molar-refractivity contribution in [3.63, 3.8) is 0 Å². The van der Waals surface area contributed by atoms with Gasteiger partial charge in [0.05, 0.1) is 24.8 Å². The molecule has 0 atom stereocenters. The Hall–Kier alpha value is -2.21. The lowest BCUT2D eigenvalue weighted by atomic mass is 10.3. The normalized spacial score (nSPS) is 15.7. The van der Waals surface area contributed by atoms with Gasteiger partial charge in [0.15, 0.2) is 16.3 Å². The van der Waals surface area contributed by atoms with Gasteiger partial charge in [0.2, 0.25) is 10.0 Å². The first-order chi connectivity index (χ1) is 14.9. The van der Waals surface area contributed by atoms with Gasteiger partial charge in [0, 0.05) is 38.8 Å². The maximum absolute atomic E-state index is 13.2. The van der Waals surface area contributed by atoms with Gasteiger partial charge in [-0.3, -0.25) is 4.90 Å². The zero-order valence-corrected chi connectivity index (χ0v) is 19.6. The molecule has 0 bridgehead atoms. The first-order valence-corrected chi connectivity index (χ1v) is 12.1. The van der Waals surface area contributed by atoms with E-state index in [1.807, 2.05) is 18.4 Å². The van der Waals surface area contributed by atoms with Crippen LogP contribution in [-0.4, -0.2) is 71.4 Å². The van der Waals surface area contributed by atoms with Gasteiger partial charge in [0.25, 0.3) is 0 Å². The van der Waals surface area contributed by atoms with Crippen LogP contribution in [0.3, 0.4) is 0 Å². The molecule has 11 heteroatoms. The van der Waals surface area contributed by atoms with Gasteiger partial charge in [-0.15, -0.1) is 6.58 Å². The Balaban J connectivity index is 1.67. The van der Waals surface area contributed by atoms with Crippen LogP contribution in [-0.2, 0) is 23.2 Å². The predicted molar refractivity (Wildman–Crippen MR) is 120 cm³/mol. The fraction of sp³-hybridized carbons (Fsp3) is 0.500. The molecule has 1 fully saturated rings. The number of allylic oxidation sites excluding steroid dienone is 1. The molecular weight excluding hydrogens is 438 g/mol. The van der Waals surface area contributed by atoms with Crippen molar-refractivity contribution in [2.45, 2.75) is 32.0 Å². The fourth-order valence-electron chi connectivity index (χ4n) is 3.37. The van der Waals surface area contributed by atoms with E-state index in [0.717, 1.165) is 0 Å². The molecule has 0 amide bonds. The number of ether oxygens (including phenoxy) is 2. The minimum atomic E-state index is -3.63. The standard InChI is InChI=1S/C20H29N5O4S2/c1-4-9-23-15-21-25(20(23)30)16-22-10-12-24(13-11-22)31(26,27)17-7-8-18(28-5-2)19(14-17)29-6-3/h4,7-8,14-15H,1,5-6,9-13,16H2,2-3H3. The Labute approximate surface area is 188 Å². The molecular formula is C20H29N5O4S2. The molecule has 1 aliphatic rings. The molecule has 0 aliphatic carbocycles. The second kappa shape index (κ2) is 10.4. The molecule has 3 rings (SSSR count). The number of piperazine rings is 1. The molecule has 1 saturated heterocycles. The van der Waals surface area contributed by atoms with Crippen LogP contribution >= 0.6 is 12.2 Å². The van der Waals surface area contributed by atoms with Crippen LogP contribution in [0.2, 0.25) is 0 Å². The van der Waals surface area contributed by atoms with E-state index in [1.165, 1.54) is 4.31 Å². The summed E-state index contributed by atoms with van der Waals surface area (Å²) in [6, 6.07) is 4.77. The Morgan fingerprint density at radius 1 is 1.13 bits per heavy atom. The molecule has 1 aromatic heterocycles. The topological polar surface area (TPSA) is 81.8 Å². The lowest BCUT2D eigenvalue weighted by Gasteiger charge is -2.33. The Morgan fingerprint density at radius 2 is 1.81 bits per heavy atom. The SMILES string of the molecule is C=CCn1cnn(CN2CCN(S(=O)(=O)c3ccc(OCC)c(OCC)c3)CC2)c1=S. The van der Waals surface area contributed by atoms with E-state index in [4.69, 9.17) is 21.7 Å². The molecule has 31 heavy (non-hydrogen) atoms. The third-order valence-electron chi connectivity index (χ3n) is 4.94. The van der Waals surface area contributed by atoms with Crippen molar-refractivity contribution >= 4 is 22.2 Å². The third-order valence-corrected chi connectivity index (χ3v) is 7.28. The molecule has 0 spiro atoms. The number of rotatable bonds is 10. The van der Waals surface area contributed by atoms with Crippen LogP contribution in [0.4, 0.5) is 0 Å². The van der Waals surface area contributed by atoms with Gasteiger partial charge < -0.3 is 14.0 Å². The Bertz CT molecular complexity index is 1060. The van der Waals surface area contributed by atoms with Gasteiger partial charge in [-0.05, 0) is 38.2 Å². The van der Waals surface area contributed by atoms with Crippen molar-refractivity contribution < 1.29 is 17.9 Å². The minimum absolute atomic E-state index is 0.207. The number of sulfonamides is 1. The lowest BCUT2D eigenvalue weighted by molar-refractivity contribution is 0.144. The lowest BCUT2D eigenvalue weighted by Crippen LogP contribution is -2.48. The number of benzene rings is 1. The summed E-state index contributed by atoms with van der Waals surface area (Å²) in [5, 5.41) is 4.32. The van der Waals surface area contributed by atoms with Gasteiger partial charge >= 0.3 is 0 Å². The van der Waals surface area contributed by atoms with Crippen LogP contribution < -0.4 is 9.47 Å². The zero-order valence-electron chi connectivity index (χ0n) is 17.9. The average Bonchev–Trinajstić information content (AvgIpc) is 3.09. The smallest absolute Gasteiger partial charge is 0.243 e. The van der Waals surface area contributed by atoms with Gasteiger partial charge in [-0.25, -0.2) is 13.1 Å². The van der Waals surface area contributed by atoms with E-state index >= 15 is 0 Å². The summed E-state index contributed by atoms with van der Waals surface area (Å²) in [7, 11) is -3.63. The Kier molecular flexibility index (Phi) is 7.87. The average molecular weight is 468 g/mol. The highest BCUT2D eigenvalue weighted by Crippen LogP contribution is 2.31. The molecule has 0 saturated carbocycles. The van der Waals surface area contributed by atoms with E-state index in [0.29, 0.717) is 68.9 Å². The molecule has 2 aromatic rings. The molecule has 0 unspecified atom stereocenters. The third kappa shape index (κ3) is 5.35. The summed E-state index contributed by atoms with van der Waals surface area (Å²) < 4.78 is 43.2. The number of hydrogen-bond acceptors (Lipinski definition) is 7. The summed E-state index contributed by atoms with van der Waals surface area (Å²) in [6.07, 6.45) is 3.45. The molecule has 0 radical (unpaired) electrons. The van der Waals surface area contributed by atoms with Crippen molar-refractivity contribution in [1.29, 1.82) is 0 Å². The van der Waals surface area contributed by atoms with Crippen molar-refractivity contribution in [2.75, 3.05) is 39.4 Å². The van der Waals surface area contributed by atoms with Crippen molar-refractivity contribution in [2.24, 2.45) is 0 Å². The highest BCUT2D eigenvalue weighted by Gasteiger charge is 2.29. The second-order valence-corrected chi connectivity index (χ2v) is 9.30. The van der Waals surface area contributed by atoms with Gasteiger partial charge in [-0.1, -0.05) is 6.08 Å². The van der Waals surface area contributed by atoms with E-state index in [1.54, 1.807) is 35.3 Å². The minimum Gasteiger partial charge on any atom is -0.490 e. The van der Waals surface area contributed by atoms with Crippen LogP contribution in [0.15, 0.2) is 42.1 Å². The quantitative estimate of drug-likeness (QED) is 0.392. The van der Waals surface area contributed by atoms with Crippen LogP contribution in [0.1, 0.15) is 13.8 Å². The highest BCUT2D eigenvalue weighted by molar-refractivity contribution is 7.89. The van der Waals surface area contributed by atoms with E-state index in [-0.39, 0.29) is 4.90 Å². The fourth-order valence-corrected chi connectivity index (χ4v) is 5.04. The van der Waals surface area contributed by atoms with Crippen LogP contribution in [0, 0.1) is 4.77 Å². The first kappa shape index (κ1) is 23.5. The van der Waals surface area contributed by atoms with E-state index in [2.05, 4.69) is 16.6 Å². The van der Waals surface area contributed by atoms with Gasteiger partial charge in [-0.2, -0.15) is 9.40 Å². The number of aromatic nitrogens is 3. The summed E-state index contributed by atoms with van der Waals surface area (Å²) in [5.74, 6) is 0.981. The van der Waals surface area contributed by atoms with Crippen molar-refractivity contribution in [3.05, 3.63) is 42.0 Å². The maximum atomic E-state index is 13.2. The van der Waals surface area contributed by atoms with E-state index < -0.39 is 10.0 Å². The van der Waals surface area contributed by atoms with Crippen molar-refractivity contribution in [3.8, 4) is 11.5 Å². The molecule has 2 heterocycles. The summed E-state index contributed by atoms with van der Waals surface area (Å²) in [5.41, 5.74) is 0. The first-order valence-electron chi connectivity index (χ1n) is 10.3. The summed E-state index contributed by atoms with van der Waals surface area (Å²) in [6.45, 7) is 11.4. The van der Waals surface area contributed by atoms with E-state index in [9.17, 15) is 8.42 Å². The maximum Gasteiger partial charge on any atom is 0.243 e. The molecule has 1 aromatic carbocycles. The van der Waals surface area contributed by atoms with Crippen LogP contribution in [0.5, 0.6) is 11.5 Å². The summed E-state index contributed by atoms with van der Waals surface area (Å²) >= 11 is 5.43. The summed E-state index contributed by atoms with van der Waals surface area (Å²) in [4.78, 5) is 2.34. The molecule has 9 nitrogen and oxygen atoms in total. The van der Waals surface area contributed by atoms with Crippen LogP contribution in [0.25, 0.3) is 0 Å². The Morgan fingerprint density at radius 3 is 2.45 bits per heavy atom. The largest absolute Gasteiger partial charge is 0.490 e. The molecule has 170 valence electrons. The number of hydrogen-bond donors (Lipinski definition) is 0. The number of nitrogens with zero attached hydrogens (tertiary/aromatic N) is 5. The zero-order chi connectivity index (χ0) is 22.4. The predicted octanol–water partition coefficient (Wildman–Crippen LogP) is 2.36. The monoisotopic (exact) mass is 467 g/mol. The van der Waals surface area contributed by atoms with Crippen molar-refractivity contribution in [1.82, 2.24) is 23.6 Å². The molecule has 1 aliphatic heterocycles. The molecule has 0 N–H and O–H groups in total. The van der Waals surface area contributed by atoms with Gasteiger partial charge in [0.1, 0.15) is 6.33 Å². The second-order valence-electron chi connectivity index (χ2n) is 6.99.